The van der Waals surface area contributed by atoms with Crippen molar-refractivity contribution in [1.29, 1.82) is 0 Å². The average Bonchev–Trinajstić information content (AvgIpc) is 2.32. The molecule has 1 aliphatic heterocycles. The molecule has 0 bridgehead atoms. The number of ether oxygens (including phenoxy) is 1. The SMILES string of the molecule is CCc1[c]cc2c(c1)OC(C(N)=O)C(=O)N2C. The molecule has 1 aromatic rings. The zero-order valence-corrected chi connectivity index (χ0v) is 9.69. The summed E-state index contributed by atoms with van der Waals surface area (Å²) in [6, 6.07) is 6.51. The molecule has 5 heteroatoms. The van der Waals surface area contributed by atoms with Crippen LogP contribution in [0.4, 0.5) is 5.69 Å². The molecule has 0 aliphatic carbocycles. The third kappa shape index (κ3) is 1.84. The fraction of sp³-hybridized carbons (Fsp3) is 0.333. The van der Waals surface area contributed by atoms with Crippen LogP contribution in [-0.4, -0.2) is 25.0 Å². The van der Waals surface area contributed by atoms with E-state index in [9.17, 15) is 9.59 Å². The van der Waals surface area contributed by atoms with Crippen LogP contribution in [0.25, 0.3) is 0 Å². The molecule has 0 aromatic heterocycles. The molecule has 0 saturated heterocycles. The Kier molecular flexibility index (Phi) is 2.75. The first-order valence-electron chi connectivity index (χ1n) is 5.32. The lowest BCUT2D eigenvalue weighted by Gasteiger charge is -2.30. The minimum absolute atomic E-state index is 0.456. The molecule has 1 atom stereocenters. The van der Waals surface area contributed by atoms with Crippen molar-refractivity contribution in [3.8, 4) is 5.75 Å². The molecule has 0 fully saturated rings. The second kappa shape index (κ2) is 4.08. The summed E-state index contributed by atoms with van der Waals surface area (Å²) in [4.78, 5) is 24.3. The summed E-state index contributed by atoms with van der Waals surface area (Å²) in [5, 5.41) is 0. The topological polar surface area (TPSA) is 72.6 Å². The van der Waals surface area contributed by atoms with E-state index in [0.29, 0.717) is 11.4 Å². The van der Waals surface area contributed by atoms with Crippen molar-refractivity contribution in [2.75, 3.05) is 11.9 Å². The van der Waals surface area contributed by atoms with Gasteiger partial charge in [-0.05, 0) is 30.2 Å². The van der Waals surface area contributed by atoms with Crippen molar-refractivity contribution < 1.29 is 14.3 Å². The molecule has 1 heterocycles. The number of rotatable bonds is 2. The van der Waals surface area contributed by atoms with E-state index in [1.165, 1.54) is 4.90 Å². The molecule has 1 aliphatic rings. The smallest absolute Gasteiger partial charge is 0.277 e. The number of nitrogens with two attached hydrogens (primary N) is 1. The molecule has 89 valence electrons. The highest BCUT2D eigenvalue weighted by Crippen LogP contribution is 2.33. The van der Waals surface area contributed by atoms with Gasteiger partial charge in [-0.1, -0.05) is 6.92 Å². The second-order valence-electron chi connectivity index (χ2n) is 3.86. The van der Waals surface area contributed by atoms with Gasteiger partial charge in [-0.25, -0.2) is 0 Å². The fourth-order valence-electron chi connectivity index (χ4n) is 1.72. The van der Waals surface area contributed by atoms with Crippen molar-refractivity contribution in [1.82, 2.24) is 0 Å². The third-order valence-electron chi connectivity index (χ3n) is 2.75. The zero-order valence-electron chi connectivity index (χ0n) is 9.69. The number of aryl methyl sites for hydroxylation is 1. The average molecular weight is 233 g/mol. The summed E-state index contributed by atoms with van der Waals surface area (Å²) >= 11 is 0. The van der Waals surface area contributed by atoms with E-state index in [2.05, 4.69) is 6.07 Å². The Morgan fingerprint density at radius 3 is 2.94 bits per heavy atom. The predicted octanol–water partition coefficient (Wildman–Crippen LogP) is 0.258. The number of fused-ring (bicyclic) bond motifs is 1. The van der Waals surface area contributed by atoms with Gasteiger partial charge in [-0.2, -0.15) is 0 Å². The molecular weight excluding hydrogens is 220 g/mol. The summed E-state index contributed by atoms with van der Waals surface area (Å²) < 4.78 is 5.33. The Morgan fingerprint density at radius 2 is 2.35 bits per heavy atom. The standard InChI is InChI=1S/C12H13N2O3/c1-3-7-4-5-8-9(6-7)17-10(11(13)15)12(16)14(8)2/h5-6,10H,3H2,1-2H3,(H2,13,15). The van der Waals surface area contributed by atoms with E-state index in [4.69, 9.17) is 10.5 Å². The summed E-state index contributed by atoms with van der Waals surface area (Å²) in [5.74, 6) is -0.743. The van der Waals surface area contributed by atoms with Crippen molar-refractivity contribution in [2.24, 2.45) is 5.73 Å². The van der Waals surface area contributed by atoms with Gasteiger partial charge in [0.25, 0.3) is 17.9 Å². The first-order chi connectivity index (χ1) is 8.04. The summed E-state index contributed by atoms with van der Waals surface area (Å²) in [7, 11) is 1.58. The van der Waals surface area contributed by atoms with E-state index in [-0.39, 0.29) is 0 Å². The van der Waals surface area contributed by atoms with Crippen LogP contribution in [-0.2, 0) is 16.0 Å². The lowest BCUT2D eigenvalue weighted by molar-refractivity contribution is -0.136. The highest BCUT2D eigenvalue weighted by Gasteiger charge is 2.36. The number of carbonyl (C=O) groups is 2. The number of hydrogen-bond acceptors (Lipinski definition) is 3. The van der Waals surface area contributed by atoms with E-state index in [1.807, 2.05) is 6.92 Å². The Balaban J connectivity index is 2.45. The lowest BCUT2D eigenvalue weighted by Crippen LogP contribution is -2.50. The fourth-order valence-corrected chi connectivity index (χ4v) is 1.72. The Morgan fingerprint density at radius 1 is 1.65 bits per heavy atom. The molecule has 0 spiro atoms. The van der Waals surface area contributed by atoms with Crippen LogP contribution in [0.2, 0.25) is 0 Å². The number of amides is 2. The maximum Gasteiger partial charge on any atom is 0.277 e. The van der Waals surface area contributed by atoms with Crippen LogP contribution in [0, 0.1) is 6.07 Å². The monoisotopic (exact) mass is 233 g/mol. The lowest BCUT2D eigenvalue weighted by atomic mass is 10.1. The van der Waals surface area contributed by atoms with E-state index in [0.717, 1.165) is 12.0 Å². The van der Waals surface area contributed by atoms with Gasteiger partial charge < -0.3 is 15.4 Å². The molecule has 1 unspecified atom stereocenters. The van der Waals surface area contributed by atoms with Crippen molar-refractivity contribution >= 4 is 17.5 Å². The van der Waals surface area contributed by atoms with E-state index < -0.39 is 17.9 Å². The number of benzene rings is 1. The van der Waals surface area contributed by atoms with Crippen LogP contribution in [0.15, 0.2) is 12.1 Å². The normalized spacial score (nSPS) is 18.6. The molecule has 17 heavy (non-hydrogen) atoms. The van der Waals surface area contributed by atoms with Gasteiger partial charge in [0.1, 0.15) is 5.75 Å². The maximum absolute atomic E-state index is 11.8. The van der Waals surface area contributed by atoms with Crippen LogP contribution >= 0.6 is 0 Å². The number of likely N-dealkylation sites (N-methyl/N-ethyl adjacent to an activating group) is 1. The highest BCUT2D eigenvalue weighted by atomic mass is 16.5. The van der Waals surface area contributed by atoms with Crippen LogP contribution in [0.1, 0.15) is 12.5 Å². The number of anilines is 1. The quantitative estimate of drug-likeness (QED) is 0.744. The molecule has 2 rings (SSSR count). The summed E-state index contributed by atoms with van der Waals surface area (Å²) in [6.07, 6.45) is -0.435. The van der Waals surface area contributed by atoms with Crippen molar-refractivity contribution in [2.45, 2.75) is 19.4 Å². The summed E-state index contributed by atoms with van der Waals surface area (Å²) in [5.41, 5.74) is 6.68. The highest BCUT2D eigenvalue weighted by molar-refractivity contribution is 6.11. The van der Waals surface area contributed by atoms with Gasteiger partial charge in [-0.3, -0.25) is 9.59 Å². The van der Waals surface area contributed by atoms with E-state index >= 15 is 0 Å². The first-order valence-corrected chi connectivity index (χ1v) is 5.32. The van der Waals surface area contributed by atoms with E-state index in [1.54, 1.807) is 19.2 Å². The molecule has 2 amide bonds. The zero-order chi connectivity index (χ0) is 12.6. The molecule has 5 nitrogen and oxygen atoms in total. The van der Waals surface area contributed by atoms with Gasteiger partial charge in [0, 0.05) is 7.05 Å². The number of nitrogens with zero attached hydrogens (tertiary/aromatic N) is 1. The molecule has 1 aromatic carbocycles. The Hall–Kier alpha value is -2.04. The van der Waals surface area contributed by atoms with Gasteiger partial charge >= 0.3 is 0 Å². The van der Waals surface area contributed by atoms with Crippen molar-refractivity contribution in [3.05, 3.63) is 23.8 Å². The van der Waals surface area contributed by atoms with Crippen LogP contribution in [0.3, 0.4) is 0 Å². The van der Waals surface area contributed by atoms with Crippen LogP contribution in [0.5, 0.6) is 5.75 Å². The Labute approximate surface area is 99.2 Å². The van der Waals surface area contributed by atoms with Gasteiger partial charge in [0.05, 0.1) is 5.69 Å². The van der Waals surface area contributed by atoms with Crippen molar-refractivity contribution in [3.63, 3.8) is 0 Å². The number of primary amides is 1. The third-order valence-corrected chi connectivity index (χ3v) is 2.75. The molecule has 0 saturated carbocycles. The number of hydrogen-bond donors (Lipinski definition) is 1. The minimum atomic E-state index is -1.24. The van der Waals surface area contributed by atoms with Gasteiger partial charge in [0.2, 0.25) is 0 Å². The molecular formula is C12H13N2O3. The maximum atomic E-state index is 11.8. The largest absolute Gasteiger partial charge is 0.468 e. The minimum Gasteiger partial charge on any atom is -0.468 e. The molecule has 2 N–H and O–H groups in total. The van der Waals surface area contributed by atoms with Gasteiger partial charge in [-0.15, -0.1) is 0 Å². The van der Waals surface area contributed by atoms with Gasteiger partial charge in [0.15, 0.2) is 0 Å². The van der Waals surface area contributed by atoms with Crippen LogP contribution < -0.4 is 15.4 Å². The molecule has 1 radical (unpaired) electrons. The summed E-state index contributed by atoms with van der Waals surface area (Å²) in [6.45, 7) is 1.99. The Bertz CT molecular complexity index is 485. The first kappa shape index (κ1) is 11.4. The predicted molar refractivity (Wildman–Crippen MR) is 61.7 cm³/mol. The second-order valence-corrected chi connectivity index (χ2v) is 3.86. The number of carbonyl (C=O) groups excluding carboxylic acids is 2.